The van der Waals surface area contributed by atoms with Gasteiger partial charge >= 0.3 is 0 Å². The molecule has 2 fully saturated rings. The van der Waals surface area contributed by atoms with Gasteiger partial charge in [-0.05, 0) is 79.9 Å². The molecule has 0 amide bonds. The second-order valence-electron chi connectivity index (χ2n) is 8.26. The van der Waals surface area contributed by atoms with E-state index in [0.29, 0.717) is 0 Å². The van der Waals surface area contributed by atoms with Crippen LogP contribution in [0.2, 0.25) is 0 Å². The molecule has 134 valence electrons. The van der Waals surface area contributed by atoms with Crippen molar-refractivity contribution in [1.29, 1.82) is 0 Å². The summed E-state index contributed by atoms with van der Waals surface area (Å²) in [5.41, 5.74) is 0.939. The van der Waals surface area contributed by atoms with Crippen molar-refractivity contribution in [2.45, 2.75) is 77.6 Å². The number of benzene rings is 1. The van der Waals surface area contributed by atoms with Gasteiger partial charge in [-0.1, -0.05) is 45.1 Å². The summed E-state index contributed by atoms with van der Waals surface area (Å²) in [5.74, 6) is 2.27. The van der Waals surface area contributed by atoms with E-state index in [0.717, 1.165) is 42.1 Å². The largest absolute Gasteiger partial charge is 0.204 e. The van der Waals surface area contributed by atoms with Crippen molar-refractivity contribution in [3.63, 3.8) is 0 Å². The maximum atomic E-state index is 13.3. The Morgan fingerprint density at radius 3 is 1.92 bits per heavy atom. The fraction of sp³-hybridized carbons (Fsp3) is 0.727. The minimum Gasteiger partial charge on any atom is -0.204 e. The van der Waals surface area contributed by atoms with Crippen LogP contribution in [0.3, 0.4) is 0 Å². The summed E-state index contributed by atoms with van der Waals surface area (Å²) in [6, 6.07) is 4.36. The normalized spacial score (nSPS) is 31.1. The zero-order valence-corrected chi connectivity index (χ0v) is 15.1. The second-order valence-corrected chi connectivity index (χ2v) is 8.26. The summed E-state index contributed by atoms with van der Waals surface area (Å²) in [7, 11) is 0. The third-order valence-electron chi connectivity index (χ3n) is 6.85. The van der Waals surface area contributed by atoms with Gasteiger partial charge in [0.2, 0.25) is 0 Å². The van der Waals surface area contributed by atoms with Crippen LogP contribution in [-0.4, -0.2) is 0 Å². The molecule has 0 heterocycles. The Labute approximate surface area is 146 Å². The van der Waals surface area contributed by atoms with Crippen LogP contribution in [0.15, 0.2) is 18.2 Å². The molecule has 0 radical (unpaired) electrons. The second kappa shape index (κ2) is 8.45. The van der Waals surface area contributed by atoms with Crippen molar-refractivity contribution in [2.75, 3.05) is 0 Å². The van der Waals surface area contributed by atoms with Gasteiger partial charge < -0.3 is 0 Å². The van der Waals surface area contributed by atoms with Gasteiger partial charge in [0.1, 0.15) is 0 Å². The molecule has 0 aromatic heterocycles. The first-order valence-corrected chi connectivity index (χ1v) is 10.1. The molecule has 2 saturated carbocycles. The maximum Gasteiger partial charge on any atom is 0.159 e. The summed E-state index contributed by atoms with van der Waals surface area (Å²) in [6.45, 7) is 2.34. The molecule has 1 aromatic carbocycles. The quantitative estimate of drug-likeness (QED) is 0.548. The van der Waals surface area contributed by atoms with Gasteiger partial charge in [0.15, 0.2) is 11.6 Å². The van der Waals surface area contributed by atoms with E-state index in [1.807, 2.05) is 0 Å². The van der Waals surface area contributed by atoms with Gasteiger partial charge in [0.25, 0.3) is 0 Å². The van der Waals surface area contributed by atoms with E-state index < -0.39 is 11.6 Å². The molecule has 0 unspecified atom stereocenters. The Hall–Kier alpha value is -0.920. The Balaban J connectivity index is 1.40. The van der Waals surface area contributed by atoms with Gasteiger partial charge in [-0.3, -0.25) is 0 Å². The first-order chi connectivity index (χ1) is 11.7. The lowest BCUT2D eigenvalue weighted by Crippen LogP contribution is -2.25. The number of hydrogen-bond donors (Lipinski definition) is 0. The van der Waals surface area contributed by atoms with Crippen LogP contribution in [0.4, 0.5) is 8.78 Å². The van der Waals surface area contributed by atoms with Gasteiger partial charge in [0, 0.05) is 0 Å². The van der Waals surface area contributed by atoms with E-state index in [4.69, 9.17) is 0 Å². The topological polar surface area (TPSA) is 0 Å². The standard InChI is InChI=1S/C22H32F2/c1-2-16-5-10-19(11-6-16)20-12-7-17(8-13-20)3-4-18-9-14-21(23)22(24)15-18/h9,14-17,19-20H,2-8,10-13H2,1H3. The van der Waals surface area contributed by atoms with Gasteiger partial charge in [-0.2, -0.15) is 0 Å². The molecule has 2 heteroatoms. The molecule has 0 aliphatic heterocycles. The molecule has 0 atom stereocenters. The zero-order chi connectivity index (χ0) is 16.9. The van der Waals surface area contributed by atoms with Crippen LogP contribution < -0.4 is 0 Å². The van der Waals surface area contributed by atoms with E-state index in [1.165, 1.54) is 69.9 Å². The van der Waals surface area contributed by atoms with Crippen molar-refractivity contribution in [3.05, 3.63) is 35.4 Å². The van der Waals surface area contributed by atoms with Crippen molar-refractivity contribution < 1.29 is 8.78 Å². The third-order valence-corrected chi connectivity index (χ3v) is 6.85. The highest BCUT2D eigenvalue weighted by atomic mass is 19.2. The number of rotatable bonds is 5. The van der Waals surface area contributed by atoms with Crippen molar-refractivity contribution in [1.82, 2.24) is 0 Å². The molecular weight excluding hydrogens is 302 g/mol. The summed E-state index contributed by atoms with van der Waals surface area (Å²) in [5, 5.41) is 0. The molecule has 0 N–H and O–H groups in total. The van der Waals surface area contributed by atoms with Crippen LogP contribution in [0.25, 0.3) is 0 Å². The van der Waals surface area contributed by atoms with E-state index >= 15 is 0 Å². The van der Waals surface area contributed by atoms with E-state index in [1.54, 1.807) is 6.07 Å². The molecule has 3 rings (SSSR count). The molecule has 2 aliphatic rings. The summed E-state index contributed by atoms with van der Waals surface area (Å²) in [4.78, 5) is 0. The monoisotopic (exact) mass is 334 g/mol. The fourth-order valence-corrected chi connectivity index (χ4v) is 5.08. The molecule has 0 bridgehead atoms. The molecule has 0 saturated heterocycles. The molecule has 24 heavy (non-hydrogen) atoms. The Morgan fingerprint density at radius 1 is 0.792 bits per heavy atom. The summed E-state index contributed by atoms with van der Waals surface area (Å²) < 4.78 is 26.3. The Bertz CT molecular complexity index is 509. The molecule has 1 aromatic rings. The van der Waals surface area contributed by atoms with E-state index in [9.17, 15) is 8.78 Å². The number of hydrogen-bond acceptors (Lipinski definition) is 0. The zero-order valence-electron chi connectivity index (χ0n) is 15.1. The lowest BCUT2D eigenvalue weighted by atomic mass is 9.68. The third kappa shape index (κ3) is 4.58. The number of aryl methyl sites for hydroxylation is 1. The highest BCUT2D eigenvalue weighted by molar-refractivity contribution is 5.17. The van der Waals surface area contributed by atoms with Crippen molar-refractivity contribution >= 4 is 0 Å². The first kappa shape index (κ1) is 17.9. The summed E-state index contributed by atoms with van der Waals surface area (Å²) >= 11 is 0. The summed E-state index contributed by atoms with van der Waals surface area (Å²) in [6.07, 6.45) is 14.7. The van der Waals surface area contributed by atoms with Gasteiger partial charge in [-0.15, -0.1) is 0 Å². The number of halogens is 2. The Morgan fingerprint density at radius 2 is 1.38 bits per heavy atom. The van der Waals surface area contributed by atoms with Crippen LogP contribution >= 0.6 is 0 Å². The first-order valence-electron chi connectivity index (χ1n) is 10.1. The van der Waals surface area contributed by atoms with Crippen LogP contribution in [0, 0.1) is 35.3 Å². The van der Waals surface area contributed by atoms with Gasteiger partial charge in [0.05, 0.1) is 0 Å². The van der Waals surface area contributed by atoms with E-state index in [2.05, 4.69) is 6.92 Å². The minimum absolute atomic E-state index is 0.709. The lowest BCUT2D eigenvalue weighted by Gasteiger charge is -2.37. The van der Waals surface area contributed by atoms with E-state index in [-0.39, 0.29) is 0 Å². The van der Waals surface area contributed by atoms with Gasteiger partial charge in [-0.25, -0.2) is 8.78 Å². The predicted molar refractivity (Wildman–Crippen MR) is 95.9 cm³/mol. The fourth-order valence-electron chi connectivity index (χ4n) is 5.08. The van der Waals surface area contributed by atoms with Crippen LogP contribution in [-0.2, 0) is 6.42 Å². The molecule has 0 nitrogen and oxygen atoms in total. The smallest absolute Gasteiger partial charge is 0.159 e. The predicted octanol–water partition coefficient (Wildman–Crippen LogP) is 6.92. The molecule has 0 spiro atoms. The highest BCUT2D eigenvalue weighted by Crippen LogP contribution is 2.42. The lowest BCUT2D eigenvalue weighted by molar-refractivity contribution is 0.142. The highest BCUT2D eigenvalue weighted by Gasteiger charge is 2.30. The average molecular weight is 334 g/mol. The van der Waals surface area contributed by atoms with Crippen molar-refractivity contribution in [2.24, 2.45) is 23.7 Å². The van der Waals surface area contributed by atoms with Crippen LogP contribution in [0.5, 0.6) is 0 Å². The molecular formula is C22H32F2. The van der Waals surface area contributed by atoms with Crippen molar-refractivity contribution in [3.8, 4) is 0 Å². The Kier molecular flexibility index (Phi) is 6.30. The average Bonchev–Trinajstić information content (AvgIpc) is 2.63. The minimum atomic E-state index is -0.739. The molecule has 2 aliphatic carbocycles. The van der Waals surface area contributed by atoms with Crippen LogP contribution in [0.1, 0.15) is 76.7 Å². The SMILES string of the molecule is CCC1CCC(C2CCC(CCc3ccc(F)c(F)c3)CC2)CC1. The maximum absolute atomic E-state index is 13.3.